The zero-order valence-electron chi connectivity index (χ0n) is 18.6. The highest BCUT2D eigenvalue weighted by Gasteiger charge is 2.50. The van der Waals surface area contributed by atoms with Crippen LogP contribution < -0.4 is 0 Å². The lowest BCUT2D eigenvalue weighted by atomic mass is 9.59. The van der Waals surface area contributed by atoms with E-state index >= 15 is 0 Å². The highest BCUT2D eigenvalue weighted by Crippen LogP contribution is 2.49. The molecule has 1 aliphatic heterocycles. The molecule has 1 saturated heterocycles. The van der Waals surface area contributed by atoms with Crippen LogP contribution in [0, 0.1) is 23.2 Å². The fraction of sp³-hybridized carbons (Fsp3) is 1.00. The van der Waals surface area contributed by atoms with E-state index in [1.165, 1.54) is 64.3 Å². The molecule has 2 rings (SSSR count). The average Bonchev–Trinajstić information content (AvgIpc) is 2.58. The van der Waals surface area contributed by atoms with Crippen molar-refractivity contribution in [2.45, 2.75) is 124 Å². The van der Waals surface area contributed by atoms with Crippen molar-refractivity contribution in [3.05, 3.63) is 0 Å². The second kappa shape index (κ2) is 9.92. The molecule has 0 bridgehead atoms. The van der Waals surface area contributed by atoms with Gasteiger partial charge >= 0.3 is 0 Å². The van der Waals surface area contributed by atoms with Crippen molar-refractivity contribution >= 4 is 0 Å². The number of aliphatic hydroxyl groups is 1. The standard InChI is InChI=1S/C24H47NO/c1-18(2)10-7-11-19(3)12-8-13-20(4)25-17-9-16-24(6)21(5)22(26)14-15-23(24)25/h18-23,26H,7-17H2,1-6H3/t19?,20?,21-,22+,23?,24?/m1/s1. The minimum absolute atomic E-state index is 0.0850. The van der Waals surface area contributed by atoms with E-state index in [2.05, 4.69) is 46.4 Å². The molecule has 0 spiro atoms. The molecule has 154 valence electrons. The van der Waals surface area contributed by atoms with Gasteiger partial charge < -0.3 is 5.11 Å². The van der Waals surface area contributed by atoms with Crippen LogP contribution in [-0.4, -0.2) is 34.7 Å². The molecule has 6 atom stereocenters. The van der Waals surface area contributed by atoms with Gasteiger partial charge in [-0.05, 0) is 68.7 Å². The topological polar surface area (TPSA) is 23.5 Å². The van der Waals surface area contributed by atoms with Gasteiger partial charge in [-0.3, -0.25) is 4.90 Å². The number of likely N-dealkylation sites (tertiary alicyclic amines) is 1. The third-order valence-electron chi connectivity index (χ3n) is 8.01. The molecule has 4 unspecified atom stereocenters. The molecule has 2 fully saturated rings. The van der Waals surface area contributed by atoms with Gasteiger partial charge in [-0.25, -0.2) is 0 Å². The lowest BCUT2D eigenvalue weighted by Crippen LogP contribution is -2.60. The Balaban J connectivity index is 1.79. The lowest BCUT2D eigenvalue weighted by molar-refractivity contribution is -0.106. The minimum Gasteiger partial charge on any atom is -0.393 e. The van der Waals surface area contributed by atoms with Gasteiger partial charge in [-0.2, -0.15) is 0 Å². The van der Waals surface area contributed by atoms with Gasteiger partial charge in [0.1, 0.15) is 0 Å². The molecule has 0 aromatic heterocycles. The highest BCUT2D eigenvalue weighted by molar-refractivity contribution is 5.02. The lowest BCUT2D eigenvalue weighted by Gasteiger charge is -2.57. The van der Waals surface area contributed by atoms with Gasteiger partial charge in [0.2, 0.25) is 0 Å². The predicted molar refractivity (Wildman–Crippen MR) is 113 cm³/mol. The summed E-state index contributed by atoms with van der Waals surface area (Å²) in [5.41, 5.74) is 0.314. The first-order chi connectivity index (χ1) is 12.3. The van der Waals surface area contributed by atoms with Crippen LogP contribution in [0.4, 0.5) is 0 Å². The van der Waals surface area contributed by atoms with Gasteiger partial charge in [0, 0.05) is 12.1 Å². The normalized spacial score (nSPS) is 35.3. The smallest absolute Gasteiger partial charge is 0.0572 e. The zero-order valence-corrected chi connectivity index (χ0v) is 18.6. The van der Waals surface area contributed by atoms with E-state index < -0.39 is 0 Å². The molecule has 1 aliphatic carbocycles. The number of hydrogen-bond donors (Lipinski definition) is 1. The summed E-state index contributed by atoms with van der Waals surface area (Å²) < 4.78 is 0. The highest BCUT2D eigenvalue weighted by atomic mass is 16.3. The molecule has 0 aromatic carbocycles. The summed E-state index contributed by atoms with van der Waals surface area (Å²) in [5, 5.41) is 10.4. The summed E-state index contributed by atoms with van der Waals surface area (Å²) in [6.45, 7) is 15.6. The Bertz CT molecular complexity index is 409. The molecular weight excluding hydrogens is 318 g/mol. The largest absolute Gasteiger partial charge is 0.393 e. The Morgan fingerprint density at radius 2 is 1.65 bits per heavy atom. The van der Waals surface area contributed by atoms with E-state index in [9.17, 15) is 5.11 Å². The number of nitrogens with zero attached hydrogens (tertiary/aromatic N) is 1. The van der Waals surface area contributed by atoms with E-state index in [0.717, 1.165) is 18.3 Å². The maximum atomic E-state index is 10.4. The van der Waals surface area contributed by atoms with Gasteiger partial charge in [0.05, 0.1) is 6.10 Å². The molecule has 2 heteroatoms. The van der Waals surface area contributed by atoms with Crippen LogP contribution in [0.5, 0.6) is 0 Å². The Hall–Kier alpha value is -0.0800. The van der Waals surface area contributed by atoms with Crippen LogP contribution in [0.2, 0.25) is 0 Å². The first kappa shape index (κ1) is 22.2. The summed E-state index contributed by atoms with van der Waals surface area (Å²) >= 11 is 0. The van der Waals surface area contributed by atoms with Crippen molar-refractivity contribution in [3.63, 3.8) is 0 Å². The quantitative estimate of drug-likeness (QED) is 0.520. The number of rotatable bonds is 9. The Morgan fingerprint density at radius 3 is 2.31 bits per heavy atom. The predicted octanol–water partition coefficient (Wildman–Crippen LogP) is 6.27. The van der Waals surface area contributed by atoms with E-state index in [0.29, 0.717) is 23.4 Å². The molecule has 26 heavy (non-hydrogen) atoms. The SMILES string of the molecule is CC(C)CCCC(C)CCCC(C)N1CCCC2(C)C1CC[C@H](O)[C@H]2C. The Morgan fingerprint density at radius 1 is 1.00 bits per heavy atom. The molecule has 0 aromatic rings. The van der Waals surface area contributed by atoms with Gasteiger partial charge in [-0.1, -0.05) is 66.7 Å². The van der Waals surface area contributed by atoms with Crippen LogP contribution in [0.1, 0.15) is 106 Å². The monoisotopic (exact) mass is 365 g/mol. The fourth-order valence-electron chi connectivity index (χ4n) is 5.86. The molecular formula is C24H47NO. The van der Waals surface area contributed by atoms with Crippen LogP contribution >= 0.6 is 0 Å². The number of fused-ring (bicyclic) bond motifs is 1. The summed E-state index contributed by atoms with van der Waals surface area (Å²) in [7, 11) is 0. The van der Waals surface area contributed by atoms with Crippen LogP contribution in [0.25, 0.3) is 0 Å². The van der Waals surface area contributed by atoms with E-state index in [1.54, 1.807) is 0 Å². The number of hydrogen-bond acceptors (Lipinski definition) is 2. The first-order valence-corrected chi connectivity index (χ1v) is 11.7. The van der Waals surface area contributed by atoms with Crippen LogP contribution in [-0.2, 0) is 0 Å². The molecule has 0 radical (unpaired) electrons. The third-order valence-corrected chi connectivity index (χ3v) is 8.01. The summed E-state index contributed by atoms with van der Waals surface area (Å²) in [6.07, 6.45) is 13.0. The molecule has 1 heterocycles. The summed E-state index contributed by atoms with van der Waals surface area (Å²) in [5.74, 6) is 2.18. The third kappa shape index (κ3) is 5.47. The second-order valence-electron chi connectivity index (χ2n) is 10.5. The van der Waals surface area contributed by atoms with Gasteiger partial charge in [-0.15, -0.1) is 0 Å². The van der Waals surface area contributed by atoms with E-state index in [4.69, 9.17) is 0 Å². The van der Waals surface area contributed by atoms with Crippen molar-refractivity contribution in [3.8, 4) is 0 Å². The van der Waals surface area contributed by atoms with Crippen molar-refractivity contribution in [2.24, 2.45) is 23.2 Å². The first-order valence-electron chi connectivity index (χ1n) is 11.7. The van der Waals surface area contributed by atoms with Gasteiger partial charge in [0.15, 0.2) is 0 Å². The van der Waals surface area contributed by atoms with Crippen molar-refractivity contribution < 1.29 is 5.11 Å². The van der Waals surface area contributed by atoms with Crippen LogP contribution in [0.15, 0.2) is 0 Å². The molecule has 2 nitrogen and oxygen atoms in total. The molecule has 0 amide bonds. The number of piperidine rings is 1. The average molecular weight is 366 g/mol. The van der Waals surface area contributed by atoms with Crippen molar-refractivity contribution in [1.29, 1.82) is 0 Å². The number of aliphatic hydroxyl groups excluding tert-OH is 1. The van der Waals surface area contributed by atoms with Crippen LogP contribution in [0.3, 0.4) is 0 Å². The summed E-state index contributed by atoms with van der Waals surface area (Å²) in [4.78, 5) is 2.83. The van der Waals surface area contributed by atoms with Crippen molar-refractivity contribution in [2.75, 3.05) is 6.54 Å². The Labute approximate surface area is 164 Å². The van der Waals surface area contributed by atoms with E-state index in [-0.39, 0.29) is 6.10 Å². The van der Waals surface area contributed by atoms with Crippen molar-refractivity contribution in [1.82, 2.24) is 4.90 Å². The molecule has 1 N–H and O–H groups in total. The second-order valence-corrected chi connectivity index (χ2v) is 10.5. The Kier molecular flexibility index (Phi) is 8.47. The fourth-order valence-corrected chi connectivity index (χ4v) is 5.86. The van der Waals surface area contributed by atoms with Gasteiger partial charge in [0.25, 0.3) is 0 Å². The summed E-state index contributed by atoms with van der Waals surface area (Å²) in [6, 6.07) is 1.39. The molecule has 2 aliphatic rings. The zero-order chi connectivity index (χ0) is 19.3. The maximum Gasteiger partial charge on any atom is 0.0572 e. The molecule has 1 saturated carbocycles. The minimum atomic E-state index is -0.0850. The maximum absolute atomic E-state index is 10.4. The van der Waals surface area contributed by atoms with E-state index in [1.807, 2.05) is 0 Å².